The highest BCUT2D eigenvalue weighted by Gasteiger charge is 2.39. The van der Waals surface area contributed by atoms with Crippen molar-refractivity contribution < 1.29 is 19.8 Å². The summed E-state index contributed by atoms with van der Waals surface area (Å²) in [7, 11) is 0. The van der Waals surface area contributed by atoms with E-state index in [1.54, 1.807) is 78.9 Å². The lowest BCUT2D eigenvalue weighted by Crippen LogP contribution is -2.43. The molecule has 0 fully saturated rings. The van der Waals surface area contributed by atoms with E-state index in [1.807, 2.05) is 0 Å². The first kappa shape index (κ1) is 19.0. The van der Waals surface area contributed by atoms with Crippen LogP contribution in [-0.4, -0.2) is 28.3 Å². The summed E-state index contributed by atoms with van der Waals surface area (Å²) < 4.78 is 0. The lowest BCUT2D eigenvalue weighted by atomic mass is 9.85. The summed E-state index contributed by atoms with van der Waals surface area (Å²) in [6, 6.07) is 23.3. The Balaban J connectivity index is 1.91. The number of aromatic carboxylic acids is 1. The molecule has 1 amide bonds. The van der Waals surface area contributed by atoms with E-state index in [0.717, 1.165) is 0 Å². The van der Waals surface area contributed by atoms with Crippen molar-refractivity contribution >= 4 is 18.1 Å². The van der Waals surface area contributed by atoms with Crippen molar-refractivity contribution in [1.82, 2.24) is 5.43 Å². The first-order chi connectivity index (χ1) is 13.5. The van der Waals surface area contributed by atoms with Crippen LogP contribution in [0.2, 0.25) is 0 Å². The number of carboxylic acid groups (broad SMARTS) is 1. The minimum atomic E-state index is -1.95. The molecular weight excluding hydrogens is 356 g/mol. The Morgan fingerprint density at radius 3 is 1.86 bits per heavy atom. The number of amides is 1. The highest BCUT2D eigenvalue weighted by atomic mass is 16.4. The molecule has 3 rings (SSSR count). The molecule has 0 heterocycles. The van der Waals surface area contributed by atoms with Crippen LogP contribution in [0.3, 0.4) is 0 Å². The second kappa shape index (κ2) is 8.28. The Morgan fingerprint density at radius 1 is 0.821 bits per heavy atom. The largest absolute Gasteiger partial charge is 0.478 e. The van der Waals surface area contributed by atoms with Gasteiger partial charge < -0.3 is 10.2 Å². The molecule has 140 valence electrons. The molecule has 0 unspecified atom stereocenters. The summed E-state index contributed by atoms with van der Waals surface area (Å²) in [5, 5.41) is 24.3. The van der Waals surface area contributed by atoms with Gasteiger partial charge in [0.15, 0.2) is 5.60 Å². The highest BCUT2D eigenvalue weighted by molar-refractivity contribution is 5.99. The van der Waals surface area contributed by atoms with Crippen molar-refractivity contribution in [2.24, 2.45) is 5.10 Å². The lowest BCUT2D eigenvalue weighted by molar-refractivity contribution is -0.136. The van der Waals surface area contributed by atoms with Gasteiger partial charge >= 0.3 is 5.97 Å². The van der Waals surface area contributed by atoms with Gasteiger partial charge in [-0.3, -0.25) is 4.79 Å². The van der Waals surface area contributed by atoms with Crippen LogP contribution in [0.4, 0.5) is 0 Å². The van der Waals surface area contributed by atoms with Crippen molar-refractivity contribution in [2.45, 2.75) is 5.60 Å². The van der Waals surface area contributed by atoms with Gasteiger partial charge in [-0.05, 0) is 17.2 Å². The molecule has 3 aromatic rings. The number of carboxylic acids is 1. The minimum absolute atomic E-state index is 0.0573. The lowest BCUT2D eigenvalue weighted by Gasteiger charge is -2.27. The summed E-state index contributed by atoms with van der Waals surface area (Å²) in [5.41, 5.74) is 1.54. The molecule has 3 N–H and O–H groups in total. The Hall–Kier alpha value is -3.77. The molecule has 6 nitrogen and oxygen atoms in total. The van der Waals surface area contributed by atoms with E-state index in [1.165, 1.54) is 12.3 Å². The second-order valence-electron chi connectivity index (χ2n) is 6.03. The normalized spacial score (nSPS) is 11.3. The van der Waals surface area contributed by atoms with Crippen molar-refractivity contribution in [2.75, 3.05) is 0 Å². The Kier molecular flexibility index (Phi) is 5.62. The van der Waals surface area contributed by atoms with E-state index in [4.69, 9.17) is 0 Å². The molecule has 0 radical (unpaired) electrons. The molecule has 0 aromatic heterocycles. The summed E-state index contributed by atoms with van der Waals surface area (Å²) in [6.07, 6.45) is 1.23. The van der Waals surface area contributed by atoms with Crippen LogP contribution in [0.15, 0.2) is 90.0 Å². The zero-order valence-electron chi connectivity index (χ0n) is 14.8. The number of carbonyl (C=O) groups is 2. The fourth-order valence-corrected chi connectivity index (χ4v) is 2.83. The van der Waals surface area contributed by atoms with Crippen molar-refractivity contribution in [3.05, 3.63) is 107 Å². The van der Waals surface area contributed by atoms with Gasteiger partial charge in [-0.25, -0.2) is 10.2 Å². The first-order valence-corrected chi connectivity index (χ1v) is 8.52. The van der Waals surface area contributed by atoms with Gasteiger partial charge in [-0.1, -0.05) is 78.9 Å². The van der Waals surface area contributed by atoms with Gasteiger partial charge in [0.05, 0.1) is 11.8 Å². The summed E-state index contributed by atoms with van der Waals surface area (Å²) in [6.45, 7) is 0. The van der Waals surface area contributed by atoms with E-state index in [0.29, 0.717) is 16.7 Å². The Labute approximate surface area is 161 Å². The maximum Gasteiger partial charge on any atom is 0.336 e. The zero-order chi connectivity index (χ0) is 20.0. The molecule has 0 saturated carbocycles. The third kappa shape index (κ3) is 3.82. The van der Waals surface area contributed by atoms with Crippen molar-refractivity contribution in [3.63, 3.8) is 0 Å². The molecule has 0 bridgehead atoms. The van der Waals surface area contributed by atoms with Gasteiger partial charge in [0.25, 0.3) is 5.91 Å². The van der Waals surface area contributed by atoms with Crippen LogP contribution < -0.4 is 5.43 Å². The zero-order valence-corrected chi connectivity index (χ0v) is 14.8. The molecule has 0 saturated heterocycles. The quantitative estimate of drug-likeness (QED) is 0.456. The summed E-state index contributed by atoms with van der Waals surface area (Å²) in [5.74, 6) is -1.85. The number of aliphatic hydroxyl groups is 1. The van der Waals surface area contributed by atoms with Crippen molar-refractivity contribution in [3.8, 4) is 0 Å². The van der Waals surface area contributed by atoms with Gasteiger partial charge in [-0.15, -0.1) is 0 Å². The van der Waals surface area contributed by atoms with Gasteiger partial charge in [-0.2, -0.15) is 5.10 Å². The summed E-state index contributed by atoms with van der Waals surface area (Å²) in [4.78, 5) is 24.1. The second-order valence-corrected chi connectivity index (χ2v) is 6.03. The van der Waals surface area contributed by atoms with E-state index in [9.17, 15) is 19.8 Å². The van der Waals surface area contributed by atoms with E-state index >= 15 is 0 Å². The monoisotopic (exact) mass is 374 g/mol. The molecule has 3 aromatic carbocycles. The molecule has 0 aliphatic heterocycles. The van der Waals surface area contributed by atoms with Crippen LogP contribution in [0.25, 0.3) is 0 Å². The van der Waals surface area contributed by atoms with Gasteiger partial charge in [0.2, 0.25) is 0 Å². The Morgan fingerprint density at radius 2 is 1.32 bits per heavy atom. The first-order valence-electron chi connectivity index (χ1n) is 8.52. The number of benzene rings is 3. The third-order valence-electron chi connectivity index (χ3n) is 4.27. The predicted octanol–water partition coefficient (Wildman–Crippen LogP) is 2.77. The highest BCUT2D eigenvalue weighted by Crippen LogP contribution is 2.29. The number of carbonyl (C=O) groups excluding carboxylic acids is 1. The van der Waals surface area contributed by atoms with Crippen LogP contribution in [0.1, 0.15) is 27.0 Å². The molecule has 0 atom stereocenters. The standard InChI is InChI=1S/C22H18N2O4/c25-20(26)19-14-8-7-9-16(19)15-23-24-21(27)22(28,17-10-3-1-4-11-17)18-12-5-2-6-13-18/h1-15,28H,(H,24,27)(H,25,26)/b23-15+. The molecule has 6 heteroatoms. The number of rotatable bonds is 6. The number of hydrogen-bond acceptors (Lipinski definition) is 4. The maximum absolute atomic E-state index is 12.9. The van der Waals surface area contributed by atoms with E-state index in [-0.39, 0.29) is 5.56 Å². The maximum atomic E-state index is 12.9. The average molecular weight is 374 g/mol. The van der Waals surface area contributed by atoms with E-state index in [2.05, 4.69) is 10.5 Å². The van der Waals surface area contributed by atoms with E-state index < -0.39 is 17.5 Å². The summed E-state index contributed by atoms with van der Waals surface area (Å²) >= 11 is 0. The predicted molar refractivity (Wildman–Crippen MR) is 105 cm³/mol. The molecular formula is C22H18N2O4. The van der Waals surface area contributed by atoms with Crippen LogP contribution >= 0.6 is 0 Å². The minimum Gasteiger partial charge on any atom is -0.478 e. The van der Waals surface area contributed by atoms with Crippen LogP contribution in [0.5, 0.6) is 0 Å². The van der Waals surface area contributed by atoms with Crippen LogP contribution in [0, 0.1) is 0 Å². The smallest absolute Gasteiger partial charge is 0.336 e. The number of hydrogen-bond donors (Lipinski definition) is 3. The topological polar surface area (TPSA) is 99.0 Å². The number of nitrogens with one attached hydrogen (secondary N) is 1. The fraction of sp³-hybridized carbons (Fsp3) is 0.0455. The third-order valence-corrected chi connectivity index (χ3v) is 4.27. The van der Waals surface area contributed by atoms with Crippen molar-refractivity contribution in [1.29, 1.82) is 0 Å². The van der Waals surface area contributed by atoms with Gasteiger partial charge in [0, 0.05) is 5.56 Å². The fourth-order valence-electron chi connectivity index (χ4n) is 2.83. The van der Waals surface area contributed by atoms with Gasteiger partial charge in [0.1, 0.15) is 0 Å². The molecule has 28 heavy (non-hydrogen) atoms. The molecule has 0 aliphatic carbocycles. The van der Waals surface area contributed by atoms with Crippen LogP contribution in [-0.2, 0) is 10.4 Å². The number of hydrazone groups is 1. The molecule has 0 spiro atoms. The average Bonchev–Trinajstić information content (AvgIpc) is 2.74. The number of nitrogens with zero attached hydrogens (tertiary/aromatic N) is 1. The molecule has 0 aliphatic rings. The Bertz CT molecular complexity index is 962. The SMILES string of the molecule is O=C(O)c1ccccc1/C=N/NC(=O)C(O)(c1ccccc1)c1ccccc1.